The zero-order valence-corrected chi connectivity index (χ0v) is 11.9. The van der Waals surface area contributed by atoms with Crippen LogP contribution in [0.4, 0.5) is 10.1 Å². The van der Waals surface area contributed by atoms with Gasteiger partial charge >= 0.3 is 0 Å². The van der Waals surface area contributed by atoms with E-state index in [1.807, 2.05) is 0 Å². The number of benzene rings is 2. The van der Waals surface area contributed by atoms with E-state index in [0.717, 1.165) is 6.07 Å². The minimum absolute atomic E-state index is 0.230. The Bertz CT molecular complexity index is 646. The Morgan fingerprint density at radius 3 is 2.55 bits per heavy atom. The van der Waals surface area contributed by atoms with Crippen LogP contribution >= 0.6 is 11.6 Å². The molecule has 2 aromatic rings. The molecule has 0 saturated heterocycles. The van der Waals surface area contributed by atoms with E-state index >= 15 is 0 Å². The molecule has 0 aliphatic heterocycles. The van der Waals surface area contributed by atoms with Crippen LogP contribution in [0.2, 0.25) is 5.02 Å². The van der Waals surface area contributed by atoms with Crippen molar-refractivity contribution < 1.29 is 13.4 Å². The Morgan fingerprint density at radius 2 is 1.90 bits per heavy atom. The maximum atomic E-state index is 13.0. The summed E-state index contributed by atoms with van der Waals surface area (Å²) in [5, 5.41) is 3.16. The third-order valence-corrected chi connectivity index (χ3v) is 4.01. The third kappa shape index (κ3) is 4.15. The molecule has 6 heteroatoms. The Morgan fingerprint density at radius 1 is 1.20 bits per heavy atom. The largest absolute Gasteiger partial charge is 0.325 e. The number of carbonyl (C=O) groups excluding carboxylic acids is 1. The maximum absolute atomic E-state index is 13.0. The number of rotatable bonds is 4. The Balaban J connectivity index is 1.97. The van der Waals surface area contributed by atoms with Crippen LogP contribution in [0, 0.1) is 5.82 Å². The summed E-state index contributed by atoms with van der Waals surface area (Å²) in [5.41, 5.74) is 0.565. The summed E-state index contributed by atoms with van der Waals surface area (Å²) < 4.78 is 24.9. The Kier molecular flexibility index (Phi) is 4.87. The number of hydrogen-bond acceptors (Lipinski definition) is 2. The lowest BCUT2D eigenvalue weighted by molar-refractivity contribution is -0.113. The molecule has 0 bridgehead atoms. The van der Waals surface area contributed by atoms with Crippen molar-refractivity contribution in [3.63, 3.8) is 0 Å². The second-order valence-corrected chi connectivity index (χ2v) is 5.89. The minimum Gasteiger partial charge on any atom is -0.325 e. The molecule has 20 heavy (non-hydrogen) atoms. The van der Waals surface area contributed by atoms with E-state index in [2.05, 4.69) is 5.32 Å². The predicted octanol–water partition coefficient (Wildman–Crippen LogP) is 3.23. The van der Waals surface area contributed by atoms with Crippen molar-refractivity contribution in [2.45, 2.75) is 4.90 Å². The summed E-state index contributed by atoms with van der Waals surface area (Å²) in [6, 6.07) is 12.0. The van der Waals surface area contributed by atoms with E-state index in [1.165, 1.54) is 18.2 Å². The van der Waals surface area contributed by atoms with Crippen LogP contribution in [0.1, 0.15) is 0 Å². The Hall–Kier alpha value is -1.72. The van der Waals surface area contributed by atoms with Gasteiger partial charge in [0.15, 0.2) is 0 Å². The van der Waals surface area contributed by atoms with E-state index < -0.39 is 22.5 Å². The van der Waals surface area contributed by atoms with Crippen LogP contribution < -0.4 is 5.32 Å². The van der Waals surface area contributed by atoms with Gasteiger partial charge in [0.05, 0.1) is 10.8 Å². The van der Waals surface area contributed by atoms with Crippen molar-refractivity contribution in [3.05, 3.63) is 59.4 Å². The predicted molar refractivity (Wildman–Crippen MR) is 77.8 cm³/mol. The van der Waals surface area contributed by atoms with Crippen LogP contribution in [-0.4, -0.2) is 15.9 Å². The molecular weight excluding hydrogens is 301 g/mol. The van der Waals surface area contributed by atoms with Gasteiger partial charge in [0, 0.05) is 15.6 Å². The molecule has 0 aliphatic rings. The van der Waals surface area contributed by atoms with E-state index in [0.29, 0.717) is 10.7 Å². The van der Waals surface area contributed by atoms with E-state index in [-0.39, 0.29) is 10.6 Å². The molecule has 1 atom stereocenters. The fraction of sp³-hybridized carbons (Fsp3) is 0.0714. The number of halogens is 2. The number of carbonyl (C=O) groups is 1. The highest BCUT2D eigenvalue weighted by Gasteiger charge is 2.11. The molecule has 104 valence electrons. The average molecular weight is 312 g/mol. The smallest absolute Gasteiger partial charge is 0.237 e. The zero-order chi connectivity index (χ0) is 14.5. The van der Waals surface area contributed by atoms with Gasteiger partial charge in [-0.3, -0.25) is 9.00 Å². The molecule has 0 heterocycles. The summed E-state index contributed by atoms with van der Waals surface area (Å²) in [6.45, 7) is 0. The summed E-state index contributed by atoms with van der Waals surface area (Å²) in [7, 11) is -1.58. The lowest BCUT2D eigenvalue weighted by Crippen LogP contribution is -2.19. The molecular formula is C14H11ClFNO2S. The number of hydrogen-bond donors (Lipinski definition) is 1. The zero-order valence-electron chi connectivity index (χ0n) is 10.3. The monoisotopic (exact) mass is 311 g/mol. The standard InChI is InChI=1S/C14H11ClFNO2S/c15-10-4-6-12(7-5-10)17-14(18)9-20(19)13-3-1-2-11(16)8-13/h1-8H,9H2,(H,17,18). The second-order valence-electron chi connectivity index (χ2n) is 4.00. The van der Waals surface area contributed by atoms with Crippen molar-refractivity contribution in [1.29, 1.82) is 0 Å². The molecule has 2 rings (SSSR count). The van der Waals surface area contributed by atoms with Crippen molar-refractivity contribution >= 4 is 34.0 Å². The minimum atomic E-state index is -1.58. The van der Waals surface area contributed by atoms with Gasteiger partial charge in [0.1, 0.15) is 11.6 Å². The topological polar surface area (TPSA) is 46.2 Å². The first kappa shape index (κ1) is 14.7. The highest BCUT2D eigenvalue weighted by molar-refractivity contribution is 7.85. The normalized spacial score (nSPS) is 11.9. The van der Waals surface area contributed by atoms with Crippen molar-refractivity contribution in [2.75, 3.05) is 11.1 Å². The first-order chi connectivity index (χ1) is 9.54. The van der Waals surface area contributed by atoms with Crippen molar-refractivity contribution in [2.24, 2.45) is 0 Å². The van der Waals surface area contributed by atoms with Crippen LogP contribution in [0.5, 0.6) is 0 Å². The lowest BCUT2D eigenvalue weighted by atomic mass is 10.3. The van der Waals surface area contributed by atoms with Gasteiger partial charge in [0.25, 0.3) is 0 Å². The lowest BCUT2D eigenvalue weighted by Gasteiger charge is -2.05. The SMILES string of the molecule is O=C(CS(=O)c1cccc(F)c1)Nc1ccc(Cl)cc1. The van der Waals surface area contributed by atoms with Gasteiger partial charge < -0.3 is 5.32 Å². The van der Waals surface area contributed by atoms with Crippen LogP contribution in [0.3, 0.4) is 0 Å². The summed E-state index contributed by atoms with van der Waals surface area (Å²) in [5.74, 6) is -1.12. The van der Waals surface area contributed by atoms with Gasteiger partial charge in [-0.1, -0.05) is 17.7 Å². The highest BCUT2D eigenvalue weighted by Crippen LogP contribution is 2.14. The molecule has 3 nitrogen and oxygen atoms in total. The molecule has 0 fully saturated rings. The summed E-state index contributed by atoms with van der Waals surface area (Å²) in [4.78, 5) is 12.0. The van der Waals surface area contributed by atoms with E-state index in [1.54, 1.807) is 24.3 Å². The number of amides is 1. The van der Waals surface area contributed by atoms with Gasteiger partial charge in [-0.2, -0.15) is 0 Å². The fourth-order valence-corrected chi connectivity index (χ4v) is 2.62. The molecule has 1 amide bonds. The van der Waals surface area contributed by atoms with Crippen LogP contribution in [-0.2, 0) is 15.6 Å². The third-order valence-electron chi connectivity index (χ3n) is 2.45. The molecule has 0 aromatic heterocycles. The second kappa shape index (κ2) is 6.63. The van der Waals surface area contributed by atoms with Crippen LogP contribution in [0.25, 0.3) is 0 Å². The number of nitrogens with one attached hydrogen (secondary N) is 1. The van der Waals surface area contributed by atoms with Crippen LogP contribution in [0.15, 0.2) is 53.4 Å². The average Bonchev–Trinajstić information content (AvgIpc) is 2.41. The van der Waals surface area contributed by atoms with Crippen molar-refractivity contribution in [3.8, 4) is 0 Å². The van der Waals surface area contributed by atoms with E-state index in [9.17, 15) is 13.4 Å². The first-order valence-corrected chi connectivity index (χ1v) is 7.43. The summed E-state index contributed by atoms with van der Waals surface area (Å²) in [6.07, 6.45) is 0. The maximum Gasteiger partial charge on any atom is 0.237 e. The first-order valence-electron chi connectivity index (χ1n) is 5.74. The summed E-state index contributed by atoms with van der Waals surface area (Å²) >= 11 is 5.73. The van der Waals surface area contributed by atoms with Gasteiger partial charge in [-0.25, -0.2) is 4.39 Å². The molecule has 0 saturated carbocycles. The molecule has 1 N–H and O–H groups in total. The molecule has 2 aromatic carbocycles. The number of anilines is 1. The molecule has 0 radical (unpaired) electrons. The molecule has 0 aliphatic carbocycles. The van der Waals surface area contributed by atoms with E-state index in [4.69, 9.17) is 11.6 Å². The molecule has 1 unspecified atom stereocenters. The fourth-order valence-electron chi connectivity index (χ4n) is 1.54. The van der Waals surface area contributed by atoms with Gasteiger partial charge in [-0.05, 0) is 42.5 Å². The quantitative estimate of drug-likeness (QED) is 0.942. The molecule has 0 spiro atoms. The van der Waals surface area contributed by atoms with Gasteiger partial charge in [-0.15, -0.1) is 0 Å². The highest BCUT2D eigenvalue weighted by atomic mass is 35.5. The van der Waals surface area contributed by atoms with Crippen molar-refractivity contribution in [1.82, 2.24) is 0 Å². The Labute approximate surface area is 123 Å². The van der Waals surface area contributed by atoms with Gasteiger partial charge in [0.2, 0.25) is 5.91 Å².